The molecule has 1 N–H and O–H groups in total. The first-order valence-electron chi connectivity index (χ1n) is 6.77. The van der Waals surface area contributed by atoms with E-state index in [2.05, 4.69) is 0 Å². The molecule has 0 aliphatic heterocycles. The van der Waals surface area contributed by atoms with Gasteiger partial charge in [-0.25, -0.2) is 0 Å². The molecule has 0 saturated heterocycles. The average molecular weight is 222 g/mol. The molecule has 4 rings (SSSR count). The van der Waals surface area contributed by atoms with Crippen LogP contribution in [0.25, 0.3) is 0 Å². The fourth-order valence-electron chi connectivity index (χ4n) is 4.59. The zero-order valence-corrected chi connectivity index (χ0v) is 10.1. The number of aliphatic hydroxyl groups is 1. The quantitative estimate of drug-likeness (QED) is 0.736. The Balaban J connectivity index is 1.76. The Hall–Kier alpha value is -0.660. The van der Waals surface area contributed by atoms with E-state index in [0.29, 0.717) is 0 Å². The molecule has 0 radical (unpaired) electrons. The van der Waals surface area contributed by atoms with E-state index in [4.69, 9.17) is 4.74 Å². The summed E-state index contributed by atoms with van der Waals surface area (Å²) in [5.41, 5.74) is 0.00447. The number of rotatable bonds is 3. The summed E-state index contributed by atoms with van der Waals surface area (Å²) in [4.78, 5) is 0. The standard InChI is InChI=1S/C14H22O2/c1-2-3-13(15)16-14-7-10-4-11(8-14)6-12(5-10)9-14/h3,10-12,15H,2,4-9H2,1H3. The summed E-state index contributed by atoms with van der Waals surface area (Å²) in [6.07, 6.45) is 10.4. The van der Waals surface area contributed by atoms with Crippen LogP contribution < -0.4 is 0 Å². The maximum atomic E-state index is 9.75. The van der Waals surface area contributed by atoms with Crippen molar-refractivity contribution < 1.29 is 9.84 Å². The zero-order chi connectivity index (χ0) is 11.2. The molecular weight excluding hydrogens is 200 g/mol. The van der Waals surface area contributed by atoms with E-state index in [1.165, 1.54) is 38.5 Å². The van der Waals surface area contributed by atoms with Crippen LogP contribution in [0.4, 0.5) is 0 Å². The fraction of sp³-hybridized carbons (Fsp3) is 0.857. The summed E-state index contributed by atoms with van der Waals surface area (Å²) < 4.78 is 5.91. The third-order valence-corrected chi connectivity index (χ3v) is 4.68. The maximum Gasteiger partial charge on any atom is 0.272 e. The van der Waals surface area contributed by atoms with Crippen LogP contribution in [0.15, 0.2) is 12.0 Å². The molecule has 0 aromatic carbocycles. The van der Waals surface area contributed by atoms with Gasteiger partial charge in [0.15, 0.2) is 0 Å². The highest BCUT2D eigenvalue weighted by atomic mass is 16.6. The van der Waals surface area contributed by atoms with Crippen LogP contribution in [0.3, 0.4) is 0 Å². The van der Waals surface area contributed by atoms with Crippen molar-refractivity contribution in [3.05, 3.63) is 12.0 Å². The molecule has 4 aliphatic rings. The van der Waals surface area contributed by atoms with Gasteiger partial charge in [0.25, 0.3) is 5.95 Å². The molecule has 0 unspecified atom stereocenters. The van der Waals surface area contributed by atoms with Gasteiger partial charge in [0.05, 0.1) is 0 Å². The Morgan fingerprint density at radius 2 is 1.69 bits per heavy atom. The highest BCUT2D eigenvalue weighted by Gasteiger charge is 2.52. The molecule has 90 valence electrons. The summed E-state index contributed by atoms with van der Waals surface area (Å²) >= 11 is 0. The van der Waals surface area contributed by atoms with Gasteiger partial charge in [-0.05, 0) is 68.8 Å². The second-order valence-corrected chi connectivity index (χ2v) is 6.15. The van der Waals surface area contributed by atoms with E-state index in [0.717, 1.165) is 24.2 Å². The van der Waals surface area contributed by atoms with Gasteiger partial charge in [0.1, 0.15) is 5.60 Å². The Kier molecular flexibility index (Phi) is 2.41. The third-order valence-electron chi connectivity index (χ3n) is 4.68. The molecule has 0 spiro atoms. The topological polar surface area (TPSA) is 29.5 Å². The molecule has 0 aromatic rings. The van der Waals surface area contributed by atoms with Gasteiger partial charge in [0.2, 0.25) is 0 Å². The molecule has 4 aliphatic carbocycles. The normalized spacial score (nSPS) is 46.1. The minimum atomic E-state index is 0.00447. The van der Waals surface area contributed by atoms with Crippen molar-refractivity contribution >= 4 is 0 Å². The van der Waals surface area contributed by atoms with Crippen molar-refractivity contribution in [1.82, 2.24) is 0 Å². The second kappa shape index (κ2) is 3.68. The van der Waals surface area contributed by atoms with Gasteiger partial charge < -0.3 is 9.84 Å². The second-order valence-electron chi connectivity index (χ2n) is 6.15. The third kappa shape index (κ3) is 1.72. The summed E-state index contributed by atoms with van der Waals surface area (Å²) in [6, 6.07) is 0. The van der Waals surface area contributed by atoms with Gasteiger partial charge in [0, 0.05) is 0 Å². The van der Waals surface area contributed by atoms with E-state index in [1.54, 1.807) is 6.08 Å². The van der Waals surface area contributed by atoms with E-state index in [-0.39, 0.29) is 11.5 Å². The molecule has 0 heterocycles. The van der Waals surface area contributed by atoms with E-state index >= 15 is 0 Å². The number of allylic oxidation sites excluding steroid dienone is 1. The summed E-state index contributed by atoms with van der Waals surface area (Å²) in [6.45, 7) is 2.03. The van der Waals surface area contributed by atoms with Crippen LogP contribution in [0.2, 0.25) is 0 Å². The minimum absolute atomic E-state index is 0.00447. The SMILES string of the molecule is CCC=C(O)OC12CC3CC(CC(C3)C1)C2. The van der Waals surface area contributed by atoms with Crippen LogP contribution in [-0.2, 0) is 4.74 Å². The van der Waals surface area contributed by atoms with Crippen molar-refractivity contribution in [3.63, 3.8) is 0 Å². The fourth-order valence-corrected chi connectivity index (χ4v) is 4.59. The molecule has 4 fully saturated rings. The number of hydrogen-bond acceptors (Lipinski definition) is 2. The maximum absolute atomic E-state index is 9.75. The molecule has 4 saturated carbocycles. The molecule has 4 bridgehead atoms. The molecule has 0 atom stereocenters. The van der Waals surface area contributed by atoms with Crippen LogP contribution in [0.1, 0.15) is 51.9 Å². The number of hydrogen-bond donors (Lipinski definition) is 1. The molecule has 0 aromatic heterocycles. The lowest BCUT2D eigenvalue weighted by Gasteiger charge is -2.55. The monoisotopic (exact) mass is 222 g/mol. The Morgan fingerprint density at radius 3 is 2.12 bits per heavy atom. The van der Waals surface area contributed by atoms with Crippen LogP contribution >= 0.6 is 0 Å². The average Bonchev–Trinajstić information content (AvgIpc) is 2.13. The van der Waals surface area contributed by atoms with E-state index in [9.17, 15) is 5.11 Å². The highest BCUT2D eigenvalue weighted by Crippen LogP contribution is 2.57. The van der Waals surface area contributed by atoms with Gasteiger partial charge in [-0.3, -0.25) is 0 Å². The first-order chi connectivity index (χ1) is 7.69. The lowest BCUT2D eigenvalue weighted by molar-refractivity contribution is -0.160. The van der Waals surface area contributed by atoms with Gasteiger partial charge >= 0.3 is 0 Å². The summed E-state index contributed by atoms with van der Waals surface area (Å²) in [5.74, 6) is 2.80. The van der Waals surface area contributed by atoms with E-state index < -0.39 is 0 Å². The van der Waals surface area contributed by atoms with Gasteiger partial charge in [-0.15, -0.1) is 0 Å². The van der Waals surface area contributed by atoms with Crippen LogP contribution in [0.5, 0.6) is 0 Å². The predicted molar refractivity (Wildman–Crippen MR) is 63.0 cm³/mol. The Bertz CT molecular complexity index is 271. The predicted octanol–water partition coefficient (Wildman–Crippen LogP) is 3.78. The van der Waals surface area contributed by atoms with Gasteiger partial charge in [-0.2, -0.15) is 0 Å². The first kappa shape index (κ1) is 10.5. The molecule has 16 heavy (non-hydrogen) atoms. The number of ether oxygens (including phenoxy) is 1. The highest BCUT2D eigenvalue weighted by molar-refractivity contribution is 5.04. The summed E-state index contributed by atoms with van der Waals surface area (Å²) in [5, 5.41) is 9.75. The largest absolute Gasteiger partial charge is 0.481 e. The van der Waals surface area contributed by atoms with Crippen molar-refractivity contribution in [2.24, 2.45) is 17.8 Å². The van der Waals surface area contributed by atoms with Crippen LogP contribution in [-0.4, -0.2) is 10.7 Å². The van der Waals surface area contributed by atoms with E-state index in [1.807, 2.05) is 6.92 Å². The lowest BCUT2D eigenvalue weighted by Crippen LogP contribution is -2.51. The Morgan fingerprint density at radius 1 is 1.19 bits per heavy atom. The zero-order valence-electron chi connectivity index (χ0n) is 10.1. The summed E-state index contributed by atoms with van der Waals surface area (Å²) in [7, 11) is 0. The molecular formula is C14H22O2. The molecule has 0 amide bonds. The first-order valence-corrected chi connectivity index (χ1v) is 6.77. The minimum Gasteiger partial charge on any atom is -0.481 e. The van der Waals surface area contributed by atoms with Crippen molar-refractivity contribution in [2.45, 2.75) is 57.5 Å². The van der Waals surface area contributed by atoms with Gasteiger partial charge in [-0.1, -0.05) is 6.92 Å². The van der Waals surface area contributed by atoms with Crippen LogP contribution in [0, 0.1) is 17.8 Å². The van der Waals surface area contributed by atoms with Crippen molar-refractivity contribution in [2.75, 3.05) is 0 Å². The molecule has 2 heteroatoms. The van der Waals surface area contributed by atoms with Crippen molar-refractivity contribution in [1.29, 1.82) is 0 Å². The smallest absolute Gasteiger partial charge is 0.272 e. The number of aliphatic hydroxyl groups excluding tert-OH is 1. The van der Waals surface area contributed by atoms with Crippen molar-refractivity contribution in [3.8, 4) is 0 Å². The lowest BCUT2D eigenvalue weighted by atomic mass is 9.54. The molecule has 2 nitrogen and oxygen atoms in total. The Labute approximate surface area is 97.7 Å².